The number of carbonyl (C=O) groups excluding carboxylic acids is 2. The first-order valence-electron chi connectivity index (χ1n) is 7.67. The number of rotatable bonds is 6. The first-order chi connectivity index (χ1) is 10.6. The quantitative estimate of drug-likeness (QED) is 0.756. The molecular formula is C15H23N3O3S. The molecule has 1 atom stereocenters. The van der Waals surface area contributed by atoms with Gasteiger partial charge in [-0.2, -0.15) is 0 Å². The number of hydrogen-bond acceptors (Lipinski definition) is 5. The van der Waals surface area contributed by atoms with Gasteiger partial charge in [-0.05, 0) is 26.2 Å². The number of aliphatic hydroxyl groups is 1. The number of hydrogen-bond donors (Lipinski definition) is 2. The molecule has 0 aliphatic carbocycles. The molecule has 0 spiro atoms. The molecule has 1 aromatic heterocycles. The van der Waals surface area contributed by atoms with E-state index in [1.54, 1.807) is 16.2 Å². The molecule has 2 heterocycles. The molecule has 1 unspecified atom stereocenters. The zero-order valence-electron chi connectivity index (χ0n) is 12.9. The summed E-state index contributed by atoms with van der Waals surface area (Å²) in [5.41, 5.74) is 0.807. The van der Waals surface area contributed by atoms with Crippen molar-refractivity contribution in [1.82, 2.24) is 15.2 Å². The van der Waals surface area contributed by atoms with E-state index in [4.69, 9.17) is 5.11 Å². The summed E-state index contributed by atoms with van der Waals surface area (Å²) in [6, 6.07) is 0. The number of carbonyl (C=O) groups is 2. The van der Waals surface area contributed by atoms with E-state index >= 15 is 0 Å². The fraction of sp³-hybridized carbons (Fsp3) is 0.667. The van der Waals surface area contributed by atoms with E-state index < -0.39 is 0 Å². The van der Waals surface area contributed by atoms with Gasteiger partial charge in [0.15, 0.2) is 0 Å². The molecule has 1 aromatic rings. The van der Waals surface area contributed by atoms with Crippen molar-refractivity contribution in [3.05, 3.63) is 16.1 Å². The van der Waals surface area contributed by atoms with Gasteiger partial charge in [-0.25, -0.2) is 4.98 Å². The highest BCUT2D eigenvalue weighted by Gasteiger charge is 2.28. The van der Waals surface area contributed by atoms with Crippen molar-refractivity contribution < 1.29 is 14.7 Å². The zero-order valence-corrected chi connectivity index (χ0v) is 13.7. The number of aromatic nitrogens is 1. The maximum atomic E-state index is 12.3. The summed E-state index contributed by atoms with van der Waals surface area (Å²) in [5, 5.41) is 14.4. The first-order valence-corrected chi connectivity index (χ1v) is 8.55. The predicted octanol–water partition coefficient (Wildman–Crippen LogP) is 0.731. The van der Waals surface area contributed by atoms with Gasteiger partial charge in [-0.3, -0.25) is 9.59 Å². The van der Waals surface area contributed by atoms with Crippen molar-refractivity contribution in [2.45, 2.75) is 32.6 Å². The maximum absolute atomic E-state index is 12.3. The molecule has 1 aliphatic rings. The van der Waals surface area contributed by atoms with Gasteiger partial charge >= 0.3 is 0 Å². The van der Waals surface area contributed by atoms with Crippen molar-refractivity contribution in [2.24, 2.45) is 5.92 Å². The molecule has 1 aliphatic heterocycles. The number of nitrogens with one attached hydrogen (secondary N) is 1. The van der Waals surface area contributed by atoms with Gasteiger partial charge in [0.05, 0.1) is 23.0 Å². The van der Waals surface area contributed by atoms with Crippen LogP contribution in [-0.2, 0) is 16.0 Å². The molecule has 2 rings (SSSR count). The van der Waals surface area contributed by atoms with Crippen molar-refractivity contribution in [3.8, 4) is 0 Å². The summed E-state index contributed by atoms with van der Waals surface area (Å²) < 4.78 is 0. The molecule has 0 aromatic carbocycles. The number of piperidine rings is 1. The summed E-state index contributed by atoms with van der Waals surface area (Å²) in [6.45, 7) is 3.67. The molecule has 22 heavy (non-hydrogen) atoms. The van der Waals surface area contributed by atoms with E-state index in [0.717, 1.165) is 23.5 Å². The Morgan fingerprint density at radius 2 is 2.36 bits per heavy atom. The summed E-state index contributed by atoms with van der Waals surface area (Å²) in [5.74, 6) is -0.123. The largest absolute Gasteiger partial charge is 0.396 e. The van der Waals surface area contributed by atoms with Crippen LogP contribution in [0.2, 0.25) is 0 Å². The fourth-order valence-electron chi connectivity index (χ4n) is 2.61. The maximum Gasteiger partial charge on any atom is 0.228 e. The van der Waals surface area contributed by atoms with Gasteiger partial charge in [-0.15, -0.1) is 11.3 Å². The van der Waals surface area contributed by atoms with Crippen molar-refractivity contribution in [3.63, 3.8) is 0 Å². The molecule has 6 nitrogen and oxygen atoms in total. The second-order valence-corrected chi connectivity index (χ2v) is 6.64. The van der Waals surface area contributed by atoms with Crippen LogP contribution in [0.4, 0.5) is 0 Å². The highest BCUT2D eigenvalue weighted by atomic mass is 32.1. The van der Waals surface area contributed by atoms with Crippen molar-refractivity contribution >= 4 is 23.2 Å². The molecule has 0 bridgehead atoms. The minimum absolute atomic E-state index is 0.0181. The third-order valence-electron chi connectivity index (χ3n) is 3.78. The van der Waals surface area contributed by atoms with Gasteiger partial charge in [-0.1, -0.05) is 0 Å². The van der Waals surface area contributed by atoms with E-state index in [1.165, 1.54) is 0 Å². The van der Waals surface area contributed by atoms with Crippen LogP contribution in [0.25, 0.3) is 0 Å². The van der Waals surface area contributed by atoms with Gasteiger partial charge < -0.3 is 15.3 Å². The number of aryl methyl sites for hydroxylation is 1. The third kappa shape index (κ3) is 4.78. The summed E-state index contributed by atoms with van der Waals surface area (Å²) >= 11 is 1.54. The lowest BCUT2D eigenvalue weighted by molar-refractivity contribution is -0.135. The molecule has 2 N–H and O–H groups in total. The van der Waals surface area contributed by atoms with Crippen LogP contribution < -0.4 is 5.32 Å². The van der Waals surface area contributed by atoms with Crippen LogP contribution in [-0.4, -0.2) is 53.0 Å². The Kier molecular flexibility index (Phi) is 6.33. The zero-order chi connectivity index (χ0) is 15.9. The van der Waals surface area contributed by atoms with E-state index in [0.29, 0.717) is 32.5 Å². The average molecular weight is 325 g/mol. The standard InChI is InChI=1S/C15H23N3O3S/c1-11-17-13(10-22-11)8-14(20)18-6-2-4-12(9-18)15(21)16-5-3-7-19/h10,12,19H,2-9H2,1H3,(H,16,21). The Bertz CT molecular complexity index is 518. The molecule has 0 saturated carbocycles. The van der Waals surface area contributed by atoms with Gasteiger partial charge in [0.25, 0.3) is 0 Å². The van der Waals surface area contributed by atoms with Crippen molar-refractivity contribution in [1.29, 1.82) is 0 Å². The minimum atomic E-state index is -0.145. The monoisotopic (exact) mass is 325 g/mol. The highest BCUT2D eigenvalue weighted by Crippen LogP contribution is 2.18. The number of likely N-dealkylation sites (tertiary alicyclic amines) is 1. The van der Waals surface area contributed by atoms with Gasteiger partial charge in [0.1, 0.15) is 0 Å². The first kappa shape index (κ1) is 16.9. The average Bonchev–Trinajstić information content (AvgIpc) is 2.92. The predicted molar refractivity (Wildman–Crippen MR) is 84.6 cm³/mol. The molecule has 1 fully saturated rings. The van der Waals surface area contributed by atoms with Crippen LogP contribution in [0.15, 0.2) is 5.38 Å². The molecular weight excluding hydrogens is 302 g/mol. The fourth-order valence-corrected chi connectivity index (χ4v) is 3.22. The Hall–Kier alpha value is -1.47. The lowest BCUT2D eigenvalue weighted by Crippen LogP contribution is -2.46. The van der Waals surface area contributed by atoms with Crippen LogP contribution in [0.3, 0.4) is 0 Å². The van der Waals surface area contributed by atoms with Crippen LogP contribution in [0.1, 0.15) is 30.0 Å². The van der Waals surface area contributed by atoms with Crippen LogP contribution in [0.5, 0.6) is 0 Å². The Morgan fingerprint density at radius 3 is 3.05 bits per heavy atom. The Morgan fingerprint density at radius 1 is 1.55 bits per heavy atom. The van der Waals surface area contributed by atoms with E-state index in [9.17, 15) is 9.59 Å². The van der Waals surface area contributed by atoms with E-state index in [2.05, 4.69) is 10.3 Å². The molecule has 2 amide bonds. The lowest BCUT2D eigenvalue weighted by Gasteiger charge is -2.32. The van der Waals surface area contributed by atoms with Gasteiger partial charge in [0, 0.05) is 31.6 Å². The summed E-state index contributed by atoms with van der Waals surface area (Å²) in [6.07, 6.45) is 2.53. The molecule has 0 radical (unpaired) electrons. The Labute approximate surface area is 134 Å². The lowest BCUT2D eigenvalue weighted by atomic mass is 9.96. The summed E-state index contributed by atoms with van der Waals surface area (Å²) in [7, 11) is 0. The molecule has 1 saturated heterocycles. The number of amides is 2. The van der Waals surface area contributed by atoms with Gasteiger partial charge in [0.2, 0.25) is 11.8 Å². The third-order valence-corrected chi connectivity index (χ3v) is 4.60. The van der Waals surface area contributed by atoms with E-state index in [-0.39, 0.29) is 24.3 Å². The SMILES string of the molecule is Cc1nc(CC(=O)N2CCCC(C(=O)NCCCO)C2)cs1. The highest BCUT2D eigenvalue weighted by molar-refractivity contribution is 7.09. The second-order valence-electron chi connectivity index (χ2n) is 5.58. The van der Waals surface area contributed by atoms with Crippen molar-refractivity contribution in [2.75, 3.05) is 26.2 Å². The van der Waals surface area contributed by atoms with E-state index in [1.807, 2.05) is 12.3 Å². The molecule has 122 valence electrons. The normalized spacial score (nSPS) is 18.3. The second kappa shape index (κ2) is 8.24. The van der Waals surface area contributed by atoms with Crippen LogP contribution >= 0.6 is 11.3 Å². The molecule has 7 heteroatoms. The summed E-state index contributed by atoms with van der Waals surface area (Å²) in [4.78, 5) is 30.5. The number of thiazole rings is 1. The number of aliphatic hydroxyl groups excluding tert-OH is 1. The topological polar surface area (TPSA) is 82.5 Å². The number of nitrogens with zero attached hydrogens (tertiary/aromatic N) is 2. The van der Waals surface area contributed by atoms with Crippen LogP contribution in [0, 0.1) is 12.8 Å². The minimum Gasteiger partial charge on any atom is -0.396 e. The smallest absolute Gasteiger partial charge is 0.228 e. The Balaban J connectivity index is 1.84.